The quantitative estimate of drug-likeness (QED) is 0.330. The van der Waals surface area contributed by atoms with Crippen molar-refractivity contribution in [3.8, 4) is 0 Å². The molecule has 35 heavy (non-hydrogen) atoms. The molecular formula is C20H25F11O4. The number of ether oxygens (including phenoxy) is 2. The highest BCUT2D eigenvalue weighted by atomic mass is 19.4. The lowest BCUT2D eigenvalue weighted by Crippen LogP contribution is -2.80. The van der Waals surface area contributed by atoms with Gasteiger partial charge in [-0.1, -0.05) is 26.2 Å². The molecule has 2 rings (SSSR count). The number of hydrogen-bond acceptors (Lipinski definition) is 4. The van der Waals surface area contributed by atoms with Crippen molar-refractivity contribution >= 4 is 5.97 Å². The third-order valence-corrected chi connectivity index (χ3v) is 7.25. The molecule has 15 heteroatoms. The maximum absolute atomic E-state index is 15.2. The predicted octanol–water partition coefficient (Wildman–Crippen LogP) is 6.45. The van der Waals surface area contributed by atoms with E-state index in [9.17, 15) is 49.4 Å². The lowest BCUT2D eigenvalue weighted by Gasteiger charge is -2.58. The second-order valence-corrected chi connectivity index (χ2v) is 9.52. The van der Waals surface area contributed by atoms with Gasteiger partial charge >= 0.3 is 36.2 Å². The molecule has 0 aromatic rings. The van der Waals surface area contributed by atoms with Gasteiger partial charge in [0.25, 0.3) is 0 Å². The van der Waals surface area contributed by atoms with Crippen LogP contribution in [0.3, 0.4) is 0 Å². The van der Waals surface area contributed by atoms with Gasteiger partial charge in [0.05, 0.1) is 0 Å². The van der Waals surface area contributed by atoms with Crippen molar-refractivity contribution in [3.63, 3.8) is 0 Å². The first kappa shape index (κ1) is 29.8. The van der Waals surface area contributed by atoms with Crippen LogP contribution in [0.1, 0.15) is 65.7 Å². The highest BCUT2D eigenvalue weighted by Crippen LogP contribution is 2.64. The van der Waals surface area contributed by atoms with E-state index in [-0.39, 0.29) is 26.7 Å². The van der Waals surface area contributed by atoms with Crippen LogP contribution in [0.5, 0.6) is 0 Å². The van der Waals surface area contributed by atoms with Gasteiger partial charge in [-0.2, -0.15) is 48.3 Å². The topological polar surface area (TPSA) is 55.8 Å². The molecule has 1 aliphatic heterocycles. The molecule has 1 aliphatic carbocycles. The van der Waals surface area contributed by atoms with E-state index in [4.69, 9.17) is 0 Å². The number of alkyl halides is 11. The van der Waals surface area contributed by atoms with E-state index >= 15 is 8.78 Å². The maximum Gasteiger partial charge on any atom is 0.449 e. The molecule has 0 spiro atoms. The number of hydrogen-bond donors (Lipinski definition) is 1. The third kappa shape index (κ3) is 4.37. The Morgan fingerprint density at radius 3 is 1.83 bits per heavy atom. The highest BCUT2D eigenvalue weighted by molar-refractivity contribution is 5.78. The number of rotatable bonds is 4. The molecule has 1 saturated carbocycles. The van der Waals surface area contributed by atoms with Gasteiger partial charge in [-0.15, -0.1) is 0 Å². The second-order valence-electron chi connectivity index (χ2n) is 9.52. The molecule has 2 fully saturated rings. The molecule has 4 unspecified atom stereocenters. The summed E-state index contributed by atoms with van der Waals surface area (Å²) < 4.78 is 163. The molecule has 4 atom stereocenters. The van der Waals surface area contributed by atoms with Crippen molar-refractivity contribution in [3.05, 3.63) is 0 Å². The van der Waals surface area contributed by atoms with E-state index in [0.29, 0.717) is 6.42 Å². The first-order valence-electron chi connectivity index (χ1n) is 10.7. The van der Waals surface area contributed by atoms with E-state index in [1.165, 1.54) is 0 Å². The van der Waals surface area contributed by atoms with Crippen LogP contribution in [0.4, 0.5) is 48.3 Å². The fraction of sp³-hybridized carbons (Fsp3) is 0.950. The summed E-state index contributed by atoms with van der Waals surface area (Å²) in [6.07, 6.45) is -21.5. The zero-order valence-corrected chi connectivity index (χ0v) is 18.9. The van der Waals surface area contributed by atoms with Crippen molar-refractivity contribution in [2.75, 3.05) is 0 Å². The normalized spacial score (nSPS) is 34.8. The first-order chi connectivity index (χ1) is 15.5. The summed E-state index contributed by atoms with van der Waals surface area (Å²) in [5.74, 6) is -16.1. The Balaban J connectivity index is 2.78. The zero-order valence-electron chi connectivity index (χ0n) is 18.9. The Labute approximate surface area is 193 Å². The summed E-state index contributed by atoms with van der Waals surface area (Å²) in [4.78, 5) is 12.4. The van der Waals surface area contributed by atoms with Crippen LogP contribution in [-0.4, -0.2) is 52.5 Å². The molecule has 1 N–H and O–H groups in total. The summed E-state index contributed by atoms with van der Waals surface area (Å²) in [7, 11) is 0. The zero-order chi connectivity index (χ0) is 27.5. The van der Waals surface area contributed by atoms with Crippen LogP contribution >= 0.6 is 0 Å². The Morgan fingerprint density at radius 1 is 0.971 bits per heavy atom. The molecule has 4 nitrogen and oxygen atoms in total. The van der Waals surface area contributed by atoms with Gasteiger partial charge in [-0.05, 0) is 39.0 Å². The fourth-order valence-corrected chi connectivity index (χ4v) is 4.63. The van der Waals surface area contributed by atoms with Crippen LogP contribution in [0.25, 0.3) is 0 Å². The monoisotopic (exact) mass is 538 g/mol. The Hall–Kier alpha value is -1.38. The van der Waals surface area contributed by atoms with E-state index in [0.717, 1.165) is 6.92 Å². The van der Waals surface area contributed by atoms with Crippen molar-refractivity contribution in [2.24, 2.45) is 11.3 Å². The number of carbonyl (C=O) groups excluding carboxylic acids is 1. The number of aliphatic hydroxyl groups is 1. The van der Waals surface area contributed by atoms with Crippen molar-refractivity contribution in [2.45, 2.75) is 107 Å². The first-order valence-corrected chi connectivity index (χ1v) is 10.7. The predicted molar refractivity (Wildman–Crippen MR) is 96.0 cm³/mol. The van der Waals surface area contributed by atoms with Crippen molar-refractivity contribution in [1.82, 2.24) is 0 Å². The minimum atomic E-state index is -6.56. The van der Waals surface area contributed by atoms with E-state index in [2.05, 4.69) is 9.47 Å². The van der Waals surface area contributed by atoms with Gasteiger partial charge in [-0.3, -0.25) is 4.79 Å². The van der Waals surface area contributed by atoms with Crippen LogP contribution in [0.15, 0.2) is 0 Å². The lowest BCUT2D eigenvalue weighted by molar-refractivity contribution is -0.523. The summed E-state index contributed by atoms with van der Waals surface area (Å²) in [5.41, 5.74) is -11.8. The summed E-state index contributed by atoms with van der Waals surface area (Å²) >= 11 is 0. The van der Waals surface area contributed by atoms with E-state index in [1.54, 1.807) is 0 Å². The van der Waals surface area contributed by atoms with E-state index in [1.807, 2.05) is 0 Å². The standard InChI is InChI=1S/C20H25F11O4/c1-4-13(2,18(23,24)25)12(32)34-14(3)10-15(19(26,27)28,11-8-6-5-7-9-11)35-17(33,16(14,21)22)20(29,30)31/h11,33H,4-10H2,1-3H3. The average molecular weight is 538 g/mol. The van der Waals surface area contributed by atoms with E-state index < -0.39 is 84.4 Å². The third-order valence-electron chi connectivity index (χ3n) is 7.25. The van der Waals surface area contributed by atoms with Crippen molar-refractivity contribution < 1.29 is 67.7 Å². The van der Waals surface area contributed by atoms with Gasteiger partial charge in [-0.25, -0.2) is 0 Å². The number of halogens is 11. The van der Waals surface area contributed by atoms with Crippen molar-refractivity contribution in [1.29, 1.82) is 0 Å². The average Bonchev–Trinajstić information content (AvgIpc) is 2.69. The molecule has 1 saturated heterocycles. The van der Waals surface area contributed by atoms with Gasteiger partial charge in [0.15, 0.2) is 16.6 Å². The molecule has 0 radical (unpaired) electrons. The Bertz CT molecular complexity index is 802. The molecule has 0 aromatic heterocycles. The smallest absolute Gasteiger partial charge is 0.449 e. The largest absolute Gasteiger partial charge is 0.452 e. The SMILES string of the molecule is CCC(C)(C(=O)OC1(C)CC(C2CCCCC2)(C(F)(F)F)OC(O)(C(F)(F)F)C1(F)F)C(F)(F)F. The lowest BCUT2D eigenvalue weighted by atomic mass is 9.66. The Morgan fingerprint density at radius 2 is 1.46 bits per heavy atom. The number of esters is 1. The molecule has 0 bridgehead atoms. The Kier molecular flexibility index (Phi) is 7.33. The van der Waals surface area contributed by atoms with Crippen LogP contribution in [0, 0.1) is 11.3 Å². The molecular weight excluding hydrogens is 513 g/mol. The van der Waals surface area contributed by atoms with Crippen LogP contribution in [-0.2, 0) is 14.3 Å². The molecule has 1 heterocycles. The van der Waals surface area contributed by atoms with Gasteiger partial charge in [0.2, 0.25) is 0 Å². The summed E-state index contributed by atoms with van der Waals surface area (Å²) in [5, 5.41) is 10.0. The summed E-state index contributed by atoms with van der Waals surface area (Å²) in [6.45, 7) is 0.956. The highest BCUT2D eigenvalue weighted by Gasteiger charge is 2.87. The molecule has 2 aliphatic rings. The van der Waals surface area contributed by atoms with Gasteiger partial charge in [0, 0.05) is 6.42 Å². The van der Waals surface area contributed by atoms with Gasteiger partial charge in [0.1, 0.15) is 0 Å². The molecule has 0 aromatic carbocycles. The summed E-state index contributed by atoms with van der Waals surface area (Å²) in [6, 6.07) is 0. The molecule has 0 amide bonds. The van der Waals surface area contributed by atoms with Crippen LogP contribution < -0.4 is 0 Å². The minimum Gasteiger partial charge on any atom is -0.452 e. The minimum absolute atomic E-state index is 0.0557. The van der Waals surface area contributed by atoms with Gasteiger partial charge < -0.3 is 14.6 Å². The number of carbonyl (C=O) groups is 1. The second kappa shape index (κ2) is 8.59. The molecule has 206 valence electrons. The fourth-order valence-electron chi connectivity index (χ4n) is 4.63. The van der Waals surface area contributed by atoms with Crippen LogP contribution in [0.2, 0.25) is 0 Å². The maximum atomic E-state index is 15.2.